The van der Waals surface area contributed by atoms with E-state index in [1.54, 1.807) is 12.1 Å². The van der Waals surface area contributed by atoms with E-state index in [2.05, 4.69) is 5.32 Å². The number of nitro benzene ring substituents is 1. The lowest BCUT2D eigenvalue weighted by atomic mass is 10.1. The number of non-ortho nitro benzene ring substituents is 1. The molecule has 2 aromatic heterocycles. The Bertz CT molecular complexity index is 1240. The third-order valence-electron chi connectivity index (χ3n) is 4.14. The fourth-order valence-electron chi connectivity index (χ4n) is 2.87. The van der Waals surface area contributed by atoms with Crippen molar-refractivity contribution in [3.63, 3.8) is 0 Å². The lowest BCUT2D eigenvalue weighted by molar-refractivity contribution is -0.384. The van der Waals surface area contributed by atoms with Crippen molar-refractivity contribution in [1.29, 1.82) is 0 Å². The average Bonchev–Trinajstić information content (AvgIpc) is 3.06. The number of carbonyl (C=O) groups is 1. The summed E-state index contributed by atoms with van der Waals surface area (Å²) in [5.41, 5.74) is 0.594. The minimum Gasteiger partial charge on any atom is -0.422 e. The average molecular weight is 380 g/mol. The van der Waals surface area contributed by atoms with Crippen LogP contribution in [0.5, 0.6) is 0 Å². The van der Waals surface area contributed by atoms with Gasteiger partial charge in [-0.2, -0.15) is 0 Å². The van der Waals surface area contributed by atoms with Gasteiger partial charge >= 0.3 is 5.63 Å². The van der Waals surface area contributed by atoms with Gasteiger partial charge in [0, 0.05) is 28.3 Å². The van der Waals surface area contributed by atoms with E-state index in [-0.39, 0.29) is 18.0 Å². The molecule has 27 heavy (non-hydrogen) atoms. The summed E-state index contributed by atoms with van der Waals surface area (Å²) in [5, 5.41) is 17.6. The molecule has 0 unspecified atom stereocenters. The van der Waals surface area contributed by atoms with E-state index in [4.69, 9.17) is 4.42 Å². The molecule has 2 aromatic carbocycles. The number of nitro groups is 1. The van der Waals surface area contributed by atoms with Crippen LogP contribution < -0.4 is 10.9 Å². The summed E-state index contributed by atoms with van der Waals surface area (Å²) in [6.07, 6.45) is 0.0380. The van der Waals surface area contributed by atoms with E-state index in [0.29, 0.717) is 21.5 Å². The standard InChI is InChI=1S/C19H12N2O5S/c22-16(9-11-5-7-12(8-6-11)21(24)25)20-18-17-14(10-27-18)13-3-1-2-4-15(13)26-19(17)23/h1-8,10H,9H2,(H,20,22). The number of nitrogens with one attached hydrogen (secondary N) is 1. The van der Waals surface area contributed by atoms with Crippen molar-refractivity contribution in [3.8, 4) is 0 Å². The lowest BCUT2D eigenvalue weighted by Crippen LogP contribution is -2.15. The minimum absolute atomic E-state index is 0.0344. The molecule has 1 N–H and O–H groups in total. The van der Waals surface area contributed by atoms with Gasteiger partial charge in [0.1, 0.15) is 16.0 Å². The Morgan fingerprint density at radius 1 is 1.11 bits per heavy atom. The van der Waals surface area contributed by atoms with Gasteiger partial charge in [0.05, 0.1) is 11.3 Å². The molecule has 134 valence electrons. The first kappa shape index (κ1) is 16.9. The van der Waals surface area contributed by atoms with E-state index in [1.165, 1.54) is 35.6 Å². The predicted octanol–water partition coefficient (Wildman–Crippen LogP) is 4.10. The summed E-state index contributed by atoms with van der Waals surface area (Å²) in [7, 11) is 0. The zero-order chi connectivity index (χ0) is 19.0. The Hall–Kier alpha value is -3.52. The summed E-state index contributed by atoms with van der Waals surface area (Å²) in [6, 6.07) is 13.0. The number of nitrogens with zero attached hydrogens (tertiary/aromatic N) is 1. The second kappa shape index (κ2) is 6.65. The van der Waals surface area contributed by atoms with Gasteiger partial charge in [-0.25, -0.2) is 4.79 Å². The van der Waals surface area contributed by atoms with Gasteiger partial charge in [0.15, 0.2) is 0 Å². The zero-order valence-electron chi connectivity index (χ0n) is 13.8. The molecule has 2 heterocycles. The predicted molar refractivity (Wildman–Crippen MR) is 103 cm³/mol. The minimum atomic E-state index is -0.504. The zero-order valence-corrected chi connectivity index (χ0v) is 14.6. The summed E-state index contributed by atoms with van der Waals surface area (Å²) >= 11 is 1.26. The van der Waals surface area contributed by atoms with Gasteiger partial charge in [0.25, 0.3) is 5.69 Å². The molecule has 0 aliphatic rings. The number of hydrogen-bond acceptors (Lipinski definition) is 6. The summed E-state index contributed by atoms with van der Waals surface area (Å²) in [4.78, 5) is 34.9. The molecule has 0 aliphatic heterocycles. The highest BCUT2D eigenvalue weighted by Crippen LogP contribution is 2.33. The van der Waals surface area contributed by atoms with E-state index in [9.17, 15) is 19.7 Å². The first-order valence-corrected chi connectivity index (χ1v) is 8.87. The first-order chi connectivity index (χ1) is 13.0. The van der Waals surface area contributed by atoms with Gasteiger partial charge in [0.2, 0.25) is 5.91 Å². The van der Waals surface area contributed by atoms with Crippen LogP contribution >= 0.6 is 11.3 Å². The highest BCUT2D eigenvalue weighted by molar-refractivity contribution is 7.16. The number of para-hydroxylation sites is 1. The monoisotopic (exact) mass is 380 g/mol. The van der Waals surface area contributed by atoms with E-state index in [0.717, 1.165) is 10.8 Å². The van der Waals surface area contributed by atoms with Crippen LogP contribution in [-0.2, 0) is 11.2 Å². The third-order valence-corrected chi connectivity index (χ3v) is 5.04. The molecule has 0 bridgehead atoms. The highest BCUT2D eigenvalue weighted by Gasteiger charge is 2.16. The van der Waals surface area contributed by atoms with Crippen LogP contribution in [0.2, 0.25) is 0 Å². The van der Waals surface area contributed by atoms with Crippen LogP contribution in [0.1, 0.15) is 5.56 Å². The molecule has 0 fully saturated rings. The van der Waals surface area contributed by atoms with Gasteiger partial charge in [-0.15, -0.1) is 11.3 Å². The summed E-state index contributed by atoms with van der Waals surface area (Å²) in [5.74, 6) is -0.319. The molecule has 0 atom stereocenters. The number of fused-ring (bicyclic) bond motifs is 3. The SMILES string of the molecule is O=C(Cc1ccc([N+](=O)[O-])cc1)Nc1scc2c1c(=O)oc1ccccc12. The van der Waals surface area contributed by atoms with Crippen molar-refractivity contribution < 1.29 is 14.1 Å². The first-order valence-electron chi connectivity index (χ1n) is 7.99. The van der Waals surface area contributed by atoms with Gasteiger partial charge in [-0.1, -0.05) is 30.3 Å². The Morgan fingerprint density at radius 3 is 2.59 bits per heavy atom. The van der Waals surface area contributed by atoms with Gasteiger partial charge in [-0.05, 0) is 11.6 Å². The molecular weight excluding hydrogens is 368 g/mol. The number of rotatable bonds is 4. The van der Waals surface area contributed by atoms with Crippen LogP contribution in [-0.4, -0.2) is 10.8 Å². The topological polar surface area (TPSA) is 102 Å². The molecule has 0 radical (unpaired) electrons. The normalized spacial score (nSPS) is 11.0. The molecule has 4 rings (SSSR count). The van der Waals surface area contributed by atoms with Crippen LogP contribution in [0.3, 0.4) is 0 Å². The third kappa shape index (κ3) is 3.18. The van der Waals surface area contributed by atoms with Crippen molar-refractivity contribution in [2.45, 2.75) is 6.42 Å². The summed E-state index contributed by atoms with van der Waals surface area (Å²) in [6.45, 7) is 0. The molecule has 7 nitrogen and oxygen atoms in total. The maximum absolute atomic E-state index is 12.3. The van der Waals surface area contributed by atoms with Crippen molar-refractivity contribution in [1.82, 2.24) is 0 Å². The van der Waals surface area contributed by atoms with Crippen molar-refractivity contribution in [2.75, 3.05) is 5.32 Å². The number of thiophene rings is 1. The number of hydrogen-bond donors (Lipinski definition) is 1. The van der Waals surface area contributed by atoms with Crippen LogP contribution in [0.25, 0.3) is 21.7 Å². The number of carbonyl (C=O) groups excluding carboxylic acids is 1. The Kier molecular flexibility index (Phi) is 4.17. The molecule has 1 amide bonds. The second-order valence-corrected chi connectivity index (χ2v) is 6.77. The van der Waals surface area contributed by atoms with Gasteiger partial charge in [-0.3, -0.25) is 14.9 Å². The lowest BCUT2D eigenvalue weighted by Gasteiger charge is -2.04. The number of amides is 1. The second-order valence-electron chi connectivity index (χ2n) is 5.89. The molecule has 4 aromatic rings. The number of anilines is 1. The van der Waals surface area contributed by atoms with Crippen molar-refractivity contribution in [3.05, 3.63) is 80.0 Å². The molecule has 0 spiro atoms. The van der Waals surface area contributed by atoms with E-state index >= 15 is 0 Å². The highest BCUT2D eigenvalue weighted by atomic mass is 32.1. The van der Waals surface area contributed by atoms with Gasteiger partial charge < -0.3 is 9.73 Å². The van der Waals surface area contributed by atoms with Crippen LogP contribution in [0.15, 0.2) is 63.1 Å². The van der Waals surface area contributed by atoms with E-state index in [1.807, 2.05) is 17.5 Å². The molecule has 0 saturated carbocycles. The molecule has 0 aliphatic carbocycles. The van der Waals surface area contributed by atoms with Crippen molar-refractivity contribution >= 4 is 49.7 Å². The van der Waals surface area contributed by atoms with E-state index < -0.39 is 10.5 Å². The fourth-order valence-corrected chi connectivity index (χ4v) is 3.84. The molecule has 0 saturated heterocycles. The molecule has 8 heteroatoms. The number of benzene rings is 2. The van der Waals surface area contributed by atoms with Crippen LogP contribution in [0, 0.1) is 10.1 Å². The Morgan fingerprint density at radius 2 is 1.85 bits per heavy atom. The quantitative estimate of drug-likeness (QED) is 0.326. The maximum atomic E-state index is 12.3. The molecular formula is C19H12N2O5S. The smallest absolute Gasteiger partial charge is 0.347 e. The largest absolute Gasteiger partial charge is 0.422 e. The Labute approximate surface area is 156 Å². The van der Waals surface area contributed by atoms with Crippen LogP contribution in [0.4, 0.5) is 10.7 Å². The summed E-state index contributed by atoms with van der Waals surface area (Å²) < 4.78 is 5.35. The Balaban J connectivity index is 1.61. The maximum Gasteiger partial charge on any atom is 0.347 e. The van der Waals surface area contributed by atoms with Crippen molar-refractivity contribution in [2.24, 2.45) is 0 Å². The fraction of sp³-hybridized carbons (Fsp3) is 0.0526.